The van der Waals surface area contributed by atoms with Gasteiger partial charge in [0.2, 0.25) is 0 Å². The number of rotatable bonds is 8. The topological polar surface area (TPSA) is 195 Å². The van der Waals surface area contributed by atoms with Crippen LogP contribution in [-0.2, 0) is 57.2 Å². The van der Waals surface area contributed by atoms with Gasteiger partial charge < -0.3 is 33.5 Å². The van der Waals surface area contributed by atoms with Gasteiger partial charge in [0.15, 0.2) is 24.4 Å². The Balaban J connectivity index is 1.85. The summed E-state index contributed by atoms with van der Waals surface area (Å²) in [6, 6.07) is 8.03. The Hall–Kier alpha value is -4.33. The summed E-state index contributed by atoms with van der Waals surface area (Å²) >= 11 is 0. The van der Waals surface area contributed by atoms with Crippen molar-refractivity contribution in [1.29, 1.82) is 0 Å². The maximum atomic E-state index is 14.2. The summed E-state index contributed by atoms with van der Waals surface area (Å²) in [5.41, 5.74) is -6.86. The number of ketones is 1. The van der Waals surface area contributed by atoms with Crippen LogP contribution >= 0.6 is 0 Å². The van der Waals surface area contributed by atoms with E-state index in [1.54, 1.807) is 45.9 Å². The maximum absolute atomic E-state index is 14.2. The SMILES string of the molecule is CC(=O)OCC(=O)O[C@@H]1[C@H]2[C@@H](OC(=O)c3ccccc3)[C@@H](C)C[C@]2(O)[C@H](OC(C)=O)[C@@]2(C)C(OC(C)=O)[C@]1(OC(C)=O)C[C@H]1C(=O)C(C)(C)C[C@@H]12. The van der Waals surface area contributed by atoms with E-state index in [2.05, 4.69) is 0 Å². The average molecular weight is 715 g/mol. The van der Waals surface area contributed by atoms with Crippen molar-refractivity contribution >= 4 is 41.6 Å². The molecular formula is C37H46O14. The Bertz CT molecular complexity index is 1620. The van der Waals surface area contributed by atoms with Gasteiger partial charge in [-0.1, -0.05) is 45.9 Å². The van der Waals surface area contributed by atoms with E-state index < -0.39 is 113 Å². The lowest BCUT2D eigenvalue weighted by molar-refractivity contribution is -0.269. The molecule has 1 N–H and O–H groups in total. The highest BCUT2D eigenvalue weighted by molar-refractivity contribution is 5.90. The maximum Gasteiger partial charge on any atom is 0.344 e. The largest absolute Gasteiger partial charge is 0.459 e. The summed E-state index contributed by atoms with van der Waals surface area (Å²) in [5, 5.41) is 13.2. The molecule has 0 aliphatic heterocycles. The van der Waals surface area contributed by atoms with E-state index in [-0.39, 0.29) is 30.6 Å². The quantitative estimate of drug-likeness (QED) is 0.305. The normalized spacial score (nSPS) is 37.5. The summed E-state index contributed by atoms with van der Waals surface area (Å²) in [4.78, 5) is 92.6. The molecule has 14 heteroatoms. The molecular weight excluding hydrogens is 668 g/mol. The smallest absolute Gasteiger partial charge is 0.344 e. The molecule has 14 nitrogen and oxygen atoms in total. The van der Waals surface area contributed by atoms with Crippen LogP contribution in [0.1, 0.15) is 85.0 Å². The van der Waals surface area contributed by atoms with Crippen LogP contribution in [0.5, 0.6) is 0 Å². The molecule has 1 unspecified atom stereocenters. The lowest BCUT2D eigenvalue weighted by atomic mass is 9.53. The summed E-state index contributed by atoms with van der Waals surface area (Å²) in [7, 11) is 0. The number of ether oxygens (including phenoxy) is 6. The van der Waals surface area contributed by atoms with E-state index in [0.717, 1.165) is 27.7 Å². The van der Waals surface area contributed by atoms with Gasteiger partial charge in [0.05, 0.1) is 16.9 Å². The van der Waals surface area contributed by atoms with Crippen molar-refractivity contribution in [3.05, 3.63) is 35.9 Å². The van der Waals surface area contributed by atoms with E-state index in [9.17, 15) is 38.7 Å². The highest BCUT2D eigenvalue weighted by atomic mass is 16.6. The van der Waals surface area contributed by atoms with Crippen LogP contribution in [0.3, 0.4) is 0 Å². The number of Topliss-reactive ketones (excluding diaryl/α,β-unsaturated/α-hetero) is 1. The lowest BCUT2D eigenvalue weighted by Gasteiger charge is -2.58. The molecule has 4 aliphatic carbocycles. The summed E-state index contributed by atoms with van der Waals surface area (Å²) in [5.74, 6) is -9.32. The van der Waals surface area contributed by atoms with Crippen LogP contribution in [0.4, 0.5) is 0 Å². The Morgan fingerprint density at radius 1 is 0.784 bits per heavy atom. The van der Waals surface area contributed by atoms with Gasteiger partial charge in [0, 0.05) is 45.4 Å². The van der Waals surface area contributed by atoms with Gasteiger partial charge in [-0.25, -0.2) is 9.59 Å². The summed E-state index contributed by atoms with van der Waals surface area (Å²) < 4.78 is 35.5. The van der Waals surface area contributed by atoms with Crippen LogP contribution < -0.4 is 0 Å². The van der Waals surface area contributed by atoms with E-state index >= 15 is 0 Å². The third-order valence-electron chi connectivity index (χ3n) is 11.3. The van der Waals surface area contributed by atoms with E-state index in [1.807, 2.05) is 0 Å². The summed E-state index contributed by atoms with van der Waals surface area (Å²) in [6.45, 7) is 10.4. The first-order chi connectivity index (χ1) is 23.7. The number of carbonyl (C=O) groups excluding carboxylic acids is 7. The molecule has 0 heterocycles. The van der Waals surface area contributed by atoms with Crippen LogP contribution in [0.2, 0.25) is 0 Å². The second-order valence-electron chi connectivity index (χ2n) is 15.4. The van der Waals surface area contributed by atoms with Crippen molar-refractivity contribution in [3.63, 3.8) is 0 Å². The molecule has 51 heavy (non-hydrogen) atoms. The van der Waals surface area contributed by atoms with Crippen LogP contribution in [0, 0.1) is 34.5 Å². The molecule has 278 valence electrons. The fourth-order valence-corrected chi connectivity index (χ4v) is 9.77. The molecule has 0 saturated heterocycles. The average Bonchev–Trinajstić information content (AvgIpc) is 3.41. The minimum Gasteiger partial charge on any atom is -0.459 e. The number of fused-ring (bicyclic) bond motifs is 5. The van der Waals surface area contributed by atoms with Gasteiger partial charge >= 0.3 is 35.8 Å². The number of esters is 6. The van der Waals surface area contributed by atoms with Crippen molar-refractivity contribution < 1.29 is 67.1 Å². The van der Waals surface area contributed by atoms with Gasteiger partial charge in [0.1, 0.15) is 23.6 Å². The molecule has 2 bridgehead atoms. The molecule has 4 fully saturated rings. The predicted molar refractivity (Wildman–Crippen MR) is 173 cm³/mol. The molecule has 1 aromatic carbocycles. The van der Waals surface area contributed by atoms with Gasteiger partial charge in [-0.15, -0.1) is 0 Å². The second-order valence-corrected chi connectivity index (χ2v) is 15.4. The first kappa shape index (κ1) is 37.9. The van der Waals surface area contributed by atoms with E-state index in [1.165, 1.54) is 12.1 Å². The highest BCUT2D eigenvalue weighted by Gasteiger charge is 2.82. The molecule has 0 aromatic heterocycles. The molecule has 5 rings (SSSR count). The van der Waals surface area contributed by atoms with Gasteiger partial charge in [-0.2, -0.15) is 0 Å². The molecule has 0 radical (unpaired) electrons. The highest BCUT2D eigenvalue weighted by Crippen LogP contribution is 2.69. The first-order valence-corrected chi connectivity index (χ1v) is 17.1. The number of hydrogen-bond donors (Lipinski definition) is 1. The lowest BCUT2D eigenvalue weighted by Crippen LogP contribution is -2.70. The second kappa shape index (κ2) is 13.3. The molecule has 11 atom stereocenters. The number of carbonyl (C=O) groups is 7. The standard InChI is InChI=1S/C37H46O14/c1-18-14-36(45)27(28(18)50-31(44)23-12-10-9-11-13-23)30(49-26(42)17-46-19(2)38)37(51-22(5)41)15-24-25(16-34(6,7)29(24)43)35(8,32(36)47-20(3)39)33(37)48-21(4)40/h9-13,18,24-25,27-28,30,32-33,45H,14-17H2,1-8H3/t18-,24+,25-,27+,28-,30+,32+,33?,35-,36+,37-/m0/s1. The fraction of sp³-hybridized carbons (Fsp3) is 0.649. The first-order valence-electron chi connectivity index (χ1n) is 17.1. The van der Waals surface area contributed by atoms with Gasteiger partial charge in [-0.3, -0.25) is 24.0 Å². The Morgan fingerprint density at radius 3 is 1.96 bits per heavy atom. The fourth-order valence-electron chi connectivity index (χ4n) is 9.77. The zero-order chi connectivity index (χ0) is 37.8. The van der Waals surface area contributed by atoms with Gasteiger partial charge in [0.25, 0.3) is 0 Å². The number of hydrogen-bond acceptors (Lipinski definition) is 14. The third kappa shape index (κ3) is 6.40. The third-order valence-corrected chi connectivity index (χ3v) is 11.3. The van der Waals surface area contributed by atoms with Crippen LogP contribution in [0.25, 0.3) is 0 Å². The Labute approximate surface area is 295 Å². The van der Waals surface area contributed by atoms with Crippen molar-refractivity contribution in [2.24, 2.45) is 34.5 Å². The molecule has 4 aliphatic rings. The van der Waals surface area contributed by atoms with Gasteiger partial charge in [-0.05, 0) is 36.8 Å². The minimum absolute atomic E-state index is 0.175. The Morgan fingerprint density at radius 2 is 1.39 bits per heavy atom. The van der Waals surface area contributed by atoms with Crippen LogP contribution in [0.15, 0.2) is 30.3 Å². The Kier molecular flexibility index (Phi) is 9.91. The summed E-state index contributed by atoms with van der Waals surface area (Å²) in [6.07, 6.45) is -6.55. The van der Waals surface area contributed by atoms with Crippen molar-refractivity contribution in [2.75, 3.05) is 6.61 Å². The number of aliphatic hydroxyl groups is 1. The molecule has 4 saturated carbocycles. The van der Waals surface area contributed by atoms with Crippen LogP contribution in [-0.4, -0.2) is 88.9 Å². The van der Waals surface area contributed by atoms with Crippen molar-refractivity contribution in [3.8, 4) is 0 Å². The predicted octanol–water partition coefficient (Wildman–Crippen LogP) is 2.89. The van der Waals surface area contributed by atoms with E-state index in [4.69, 9.17) is 28.4 Å². The molecule has 0 amide bonds. The molecule has 1 aromatic rings. The zero-order valence-corrected chi connectivity index (χ0v) is 30.1. The molecule has 0 spiro atoms. The zero-order valence-electron chi connectivity index (χ0n) is 30.1. The number of benzene rings is 1. The monoisotopic (exact) mass is 714 g/mol. The van der Waals surface area contributed by atoms with E-state index in [0.29, 0.717) is 0 Å². The van der Waals surface area contributed by atoms with Crippen molar-refractivity contribution in [1.82, 2.24) is 0 Å². The van der Waals surface area contributed by atoms with Crippen molar-refractivity contribution in [2.45, 2.75) is 110 Å². The minimum atomic E-state index is -2.22.